The summed E-state index contributed by atoms with van der Waals surface area (Å²) in [5.74, 6) is 6.84. The highest BCUT2D eigenvalue weighted by atomic mass is 35.5. The molecule has 22 heteroatoms. The zero-order chi connectivity index (χ0) is 68.4. The standard InChI is InChI=1S/C26H29N5OS.C25H29ClN4O2S.C25H28ClN3O2S/c1-19(2)31(15-9-10-16-33-26-28-18-23(32)30-26)22-17-27-24(20-11-5-3-6-12-20)25(29-22)21-13-7-4-8-14-21;1-18-27-24(29-28-18)33-16-15-19-7-9-20(10-8-19)17-32-25(31)30(22-5-3-2-4-6-22)23-13-11-21(26)12-14-23;1-18-15-24(28-27-18)32-17-20-9-7-19(8-10-20)16-31-25(30)29(22-5-3-2-4-6-22)23-13-11-21(26)12-14-23/h3-8,11-14,17,19H,9-10,15-16,18H2,1-2H3,(H,28,30,32);2-6,11-14,19-20,28H,1,7-10,15-17H2,(H,27,29);2-6,11-14,19-20,27H,1,7-10,15-17H2. The molecule has 2 saturated carbocycles. The van der Waals surface area contributed by atoms with E-state index in [-0.39, 0.29) is 24.6 Å². The number of aliphatic imine (C=N–C) groups is 2. The van der Waals surface area contributed by atoms with Gasteiger partial charge in [-0.05, 0) is 168 Å². The Morgan fingerprint density at radius 1 is 0.592 bits per heavy atom. The zero-order valence-corrected chi connectivity index (χ0v) is 59.5. The highest BCUT2D eigenvalue weighted by Crippen LogP contribution is 2.37. The van der Waals surface area contributed by atoms with Crippen LogP contribution in [0.15, 0.2) is 216 Å². The number of hydrazone groups is 1. The predicted molar refractivity (Wildman–Crippen MR) is 408 cm³/mol. The molecule has 0 atom stereocenters. The number of allylic oxidation sites excluding steroid dienone is 1. The smallest absolute Gasteiger partial charge is 0.418 e. The van der Waals surface area contributed by atoms with Gasteiger partial charge in [0.15, 0.2) is 10.3 Å². The molecule has 4 N–H and O–H groups in total. The average Bonchev–Trinajstić information content (AvgIpc) is 1.14. The Balaban J connectivity index is 0.000000159. The molecule has 7 aromatic rings. The molecular formula is C76H86Cl2N12O5S3. The lowest BCUT2D eigenvalue weighted by Gasteiger charge is -2.29. The van der Waals surface area contributed by atoms with Crippen LogP contribution in [0.25, 0.3) is 22.5 Å². The lowest BCUT2D eigenvalue weighted by atomic mass is 9.81. The lowest BCUT2D eigenvalue weighted by Crippen LogP contribution is -2.33. The molecule has 3 amide bonds. The van der Waals surface area contributed by atoms with Crippen molar-refractivity contribution in [2.75, 3.05) is 58.3 Å². The second-order valence-electron chi connectivity index (χ2n) is 24.9. The van der Waals surface area contributed by atoms with Crippen molar-refractivity contribution < 1.29 is 23.9 Å². The summed E-state index contributed by atoms with van der Waals surface area (Å²) in [5, 5.41) is 11.1. The second kappa shape index (κ2) is 37.6. The van der Waals surface area contributed by atoms with Gasteiger partial charge >= 0.3 is 12.2 Å². The van der Waals surface area contributed by atoms with E-state index in [1.54, 1.807) is 57.6 Å². The molecule has 5 aliphatic rings. The molecule has 0 unspecified atom stereocenters. The molecule has 4 heterocycles. The number of ether oxygens (including phenoxy) is 2. The number of nitrogens with one attached hydrogen (secondary N) is 4. The van der Waals surface area contributed by atoms with Crippen LogP contribution in [0.2, 0.25) is 10.0 Å². The summed E-state index contributed by atoms with van der Waals surface area (Å²) in [4.78, 5) is 61.3. The molecule has 0 bridgehead atoms. The van der Waals surface area contributed by atoms with Gasteiger partial charge < -0.3 is 19.7 Å². The minimum Gasteiger partial charge on any atom is -0.449 e. The normalized spacial score (nSPS) is 17.8. The number of amides is 3. The Labute approximate surface area is 599 Å². The molecular weight excluding hydrogens is 1330 g/mol. The van der Waals surface area contributed by atoms with Gasteiger partial charge in [0, 0.05) is 63.1 Å². The number of nitrogens with zero attached hydrogens (tertiary/aromatic N) is 8. The number of benzene rings is 6. The van der Waals surface area contributed by atoms with Gasteiger partial charge in [0.05, 0.1) is 58.6 Å². The molecule has 12 rings (SSSR count). The number of anilines is 5. The number of amidine groups is 2. The summed E-state index contributed by atoms with van der Waals surface area (Å²) in [6.45, 7) is 14.1. The number of para-hydroxylation sites is 2. The molecule has 6 aromatic carbocycles. The van der Waals surface area contributed by atoms with Gasteiger partial charge in [-0.2, -0.15) is 5.10 Å². The summed E-state index contributed by atoms with van der Waals surface area (Å²) in [6, 6.07) is 54.3. The first-order valence-corrected chi connectivity index (χ1v) is 37.3. The fourth-order valence-corrected chi connectivity index (χ4v) is 15.2. The van der Waals surface area contributed by atoms with Gasteiger partial charge in [0.1, 0.15) is 18.2 Å². The zero-order valence-electron chi connectivity index (χ0n) is 55.6. The number of rotatable bonds is 22. The summed E-state index contributed by atoms with van der Waals surface area (Å²) < 4.78 is 11.6. The van der Waals surface area contributed by atoms with Crippen LogP contribution in [0.4, 0.5) is 38.2 Å². The van der Waals surface area contributed by atoms with Gasteiger partial charge in [-0.15, -0.1) is 11.8 Å². The lowest BCUT2D eigenvalue weighted by molar-refractivity contribution is -0.117. The molecule has 2 fully saturated rings. The van der Waals surface area contributed by atoms with Crippen LogP contribution in [0, 0.1) is 23.7 Å². The van der Waals surface area contributed by atoms with E-state index in [0.29, 0.717) is 52.9 Å². The predicted octanol–water partition coefficient (Wildman–Crippen LogP) is 18.5. The minimum atomic E-state index is -0.359. The van der Waals surface area contributed by atoms with E-state index in [1.807, 2.05) is 139 Å². The summed E-state index contributed by atoms with van der Waals surface area (Å²) in [5.41, 5.74) is 16.8. The van der Waals surface area contributed by atoms with Gasteiger partial charge in [-0.25, -0.2) is 29.4 Å². The SMILES string of the molecule is C=C1CC(SCC2CCC(COC(=O)N(c3ccccc3)c3ccc(Cl)cc3)CC2)=NN1.C=C1N=C(SCCC2CCC(COC(=O)N(c3ccccc3)c3ccc(Cl)cc3)CC2)NN1.CC(C)N(CCCCSC1=NCC(=O)N1)c1cnc(-c2ccccc2)c(-c2ccccc2)n1. The summed E-state index contributed by atoms with van der Waals surface area (Å²) in [6.07, 6.45) is 14.3. The number of hydrazine groups is 1. The van der Waals surface area contributed by atoms with Gasteiger partial charge in [-0.1, -0.05) is 170 Å². The maximum atomic E-state index is 13.1. The van der Waals surface area contributed by atoms with E-state index in [1.165, 1.54) is 19.3 Å². The third kappa shape index (κ3) is 22.1. The van der Waals surface area contributed by atoms with Crippen LogP contribution in [-0.4, -0.2) is 93.0 Å². The van der Waals surface area contributed by atoms with Gasteiger partial charge in [0.2, 0.25) is 5.91 Å². The van der Waals surface area contributed by atoms with E-state index < -0.39 is 0 Å². The van der Waals surface area contributed by atoms with Crippen molar-refractivity contribution >= 4 is 121 Å². The monoisotopic (exact) mass is 1410 g/mol. The summed E-state index contributed by atoms with van der Waals surface area (Å²) in [7, 11) is 0. The first kappa shape index (κ1) is 72.5. The van der Waals surface area contributed by atoms with Crippen LogP contribution in [-0.2, 0) is 14.3 Å². The number of halogens is 2. The molecule has 98 heavy (non-hydrogen) atoms. The molecule has 512 valence electrons. The first-order chi connectivity index (χ1) is 47.8. The van der Waals surface area contributed by atoms with Crippen LogP contribution in [0.1, 0.15) is 90.9 Å². The number of carbonyl (C=O) groups is 3. The van der Waals surface area contributed by atoms with Crippen molar-refractivity contribution in [3.05, 3.63) is 211 Å². The average molecular weight is 1410 g/mol. The van der Waals surface area contributed by atoms with Crippen molar-refractivity contribution in [1.82, 2.24) is 31.6 Å². The van der Waals surface area contributed by atoms with Crippen LogP contribution in [0.5, 0.6) is 0 Å². The van der Waals surface area contributed by atoms with Gasteiger partial charge in [-0.3, -0.25) is 31.0 Å². The number of hydrogen-bond acceptors (Lipinski definition) is 17. The molecule has 17 nitrogen and oxygen atoms in total. The molecule has 1 aromatic heterocycles. The Kier molecular flexibility index (Phi) is 27.8. The molecule has 0 saturated heterocycles. The Morgan fingerprint density at radius 2 is 1.09 bits per heavy atom. The van der Waals surface area contributed by atoms with E-state index >= 15 is 0 Å². The fourth-order valence-electron chi connectivity index (χ4n) is 11.9. The van der Waals surface area contributed by atoms with Crippen molar-refractivity contribution in [2.45, 2.75) is 96.9 Å². The minimum absolute atomic E-state index is 0.0183. The second-order valence-corrected chi connectivity index (χ2v) is 29.0. The maximum absolute atomic E-state index is 13.1. The van der Waals surface area contributed by atoms with E-state index in [4.69, 9.17) is 42.6 Å². The molecule has 0 spiro atoms. The topological polar surface area (TPSA) is 190 Å². The summed E-state index contributed by atoms with van der Waals surface area (Å²) >= 11 is 17.3. The van der Waals surface area contributed by atoms with Crippen LogP contribution >= 0.6 is 58.5 Å². The largest absolute Gasteiger partial charge is 0.449 e. The van der Waals surface area contributed by atoms with Crippen molar-refractivity contribution in [3.8, 4) is 22.5 Å². The number of unbranched alkanes of at least 4 members (excludes halogenated alkanes) is 1. The van der Waals surface area contributed by atoms with Crippen molar-refractivity contribution in [2.24, 2.45) is 38.8 Å². The third-order valence-corrected chi connectivity index (χ3v) is 20.9. The van der Waals surface area contributed by atoms with E-state index in [2.05, 4.69) is 92.9 Å². The molecule has 3 aliphatic heterocycles. The van der Waals surface area contributed by atoms with Crippen molar-refractivity contribution in [1.29, 1.82) is 0 Å². The van der Waals surface area contributed by atoms with Gasteiger partial charge in [0.25, 0.3) is 0 Å². The van der Waals surface area contributed by atoms with Crippen LogP contribution < -0.4 is 36.3 Å². The number of thioether (sulfide) groups is 3. The third-order valence-electron chi connectivity index (χ3n) is 17.3. The Bertz CT molecular complexity index is 3830. The van der Waals surface area contributed by atoms with Crippen LogP contribution in [0.3, 0.4) is 0 Å². The van der Waals surface area contributed by atoms with Crippen molar-refractivity contribution in [3.63, 3.8) is 0 Å². The number of aromatic nitrogens is 2. The number of carbonyl (C=O) groups excluding carboxylic acids is 3. The first-order valence-electron chi connectivity index (χ1n) is 33.6. The Morgan fingerprint density at radius 3 is 1.58 bits per heavy atom. The fraction of sp³-hybridized carbons (Fsp3) is 0.342. The maximum Gasteiger partial charge on any atom is 0.418 e. The molecule has 0 radical (unpaired) electrons. The Hall–Kier alpha value is -8.27. The highest BCUT2D eigenvalue weighted by molar-refractivity contribution is 8.14. The van der Waals surface area contributed by atoms with E-state index in [9.17, 15) is 14.4 Å². The quantitative estimate of drug-likeness (QED) is 0.0469. The number of hydrogen-bond donors (Lipinski definition) is 4. The van der Waals surface area contributed by atoms with E-state index in [0.717, 1.165) is 160 Å². The molecule has 2 aliphatic carbocycles. The highest BCUT2D eigenvalue weighted by Gasteiger charge is 2.29.